The van der Waals surface area contributed by atoms with Gasteiger partial charge in [-0.15, -0.1) is 0 Å². The fourth-order valence-electron chi connectivity index (χ4n) is 2.10. The molecule has 2 amide bonds. The standard InChI is InChI=1S/C13H11BrN2O5/c1-6(17)15-8(13(20)21)5-16-9-4-2-3-7(14)10(9)11(18)12(16)19/h2-4,8H,5H2,1H3,(H,15,17)(H,20,21). The van der Waals surface area contributed by atoms with Crippen molar-refractivity contribution in [2.75, 3.05) is 11.4 Å². The van der Waals surface area contributed by atoms with Gasteiger partial charge in [0.25, 0.3) is 11.7 Å². The summed E-state index contributed by atoms with van der Waals surface area (Å²) in [6.45, 7) is 0.861. The molecule has 21 heavy (non-hydrogen) atoms. The molecule has 1 unspecified atom stereocenters. The lowest BCUT2D eigenvalue weighted by atomic mass is 10.1. The highest BCUT2D eigenvalue weighted by atomic mass is 79.9. The average molecular weight is 355 g/mol. The number of benzene rings is 1. The van der Waals surface area contributed by atoms with Gasteiger partial charge in [0.1, 0.15) is 6.04 Å². The Balaban J connectivity index is 2.35. The molecule has 0 radical (unpaired) electrons. The monoisotopic (exact) mass is 354 g/mol. The van der Waals surface area contributed by atoms with Crippen molar-refractivity contribution < 1.29 is 24.3 Å². The predicted octanol–water partition coefficient (Wildman–Crippen LogP) is 0.568. The molecule has 0 spiro atoms. The lowest BCUT2D eigenvalue weighted by Crippen LogP contribution is -2.49. The van der Waals surface area contributed by atoms with Crippen LogP contribution in [0.5, 0.6) is 0 Å². The first-order chi connectivity index (χ1) is 9.82. The number of nitrogens with zero attached hydrogens (tertiary/aromatic N) is 1. The van der Waals surface area contributed by atoms with E-state index in [2.05, 4.69) is 21.2 Å². The van der Waals surface area contributed by atoms with E-state index >= 15 is 0 Å². The lowest BCUT2D eigenvalue weighted by molar-refractivity contribution is -0.141. The first kappa shape index (κ1) is 15.2. The van der Waals surface area contributed by atoms with Crippen molar-refractivity contribution >= 4 is 45.2 Å². The molecule has 2 rings (SSSR count). The van der Waals surface area contributed by atoms with E-state index in [0.717, 1.165) is 4.90 Å². The Labute approximate surface area is 128 Å². The Morgan fingerprint density at radius 1 is 1.38 bits per heavy atom. The van der Waals surface area contributed by atoms with Gasteiger partial charge in [0.05, 0.1) is 17.8 Å². The Kier molecular flexibility index (Phi) is 4.08. The van der Waals surface area contributed by atoms with Crippen LogP contribution in [0.15, 0.2) is 22.7 Å². The Hall–Kier alpha value is -2.22. The first-order valence-electron chi connectivity index (χ1n) is 5.97. The largest absolute Gasteiger partial charge is 0.480 e. The molecule has 1 aromatic carbocycles. The molecule has 0 saturated heterocycles. The fourth-order valence-corrected chi connectivity index (χ4v) is 2.63. The number of carboxylic acids is 1. The number of hydrogen-bond acceptors (Lipinski definition) is 4. The summed E-state index contributed by atoms with van der Waals surface area (Å²) in [5.41, 5.74) is 0.533. The fraction of sp³-hybridized carbons (Fsp3) is 0.231. The van der Waals surface area contributed by atoms with E-state index < -0.39 is 29.6 Å². The zero-order valence-electron chi connectivity index (χ0n) is 10.9. The van der Waals surface area contributed by atoms with E-state index in [1.165, 1.54) is 6.92 Å². The number of carbonyl (C=O) groups is 4. The van der Waals surface area contributed by atoms with Crippen molar-refractivity contribution in [3.8, 4) is 0 Å². The number of aliphatic carboxylic acids is 1. The van der Waals surface area contributed by atoms with Crippen LogP contribution in [-0.4, -0.2) is 41.3 Å². The molecule has 1 aliphatic heterocycles. The minimum Gasteiger partial charge on any atom is -0.480 e. The zero-order valence-corrected chi connectivity index (χ0v) is 12.5. The van der Waals surface area contributed by atoms with Gasteiger partial charge in [-0.25, -0.2) is 4.79 Å². The van der Waals surface area contributed by atoms with Gasteiger partial charge in [-0.3, -0.25) is 14.4 Å². The zero-order chi connectivity index (χ0) is 15.7. The van der Waals surface area contributed by atoms with Crippen LogP contribution >= 0.6 is 15.9 Å². The molecule has 0 saturated carbocycles. The number of nitrogens with one attached hydrogen (secondary N) is 1. The summed E-state index contributed by atoms with van der Waals surface area (Å²) in [6.07, 6.45) is 0. The number of rotatable bonds is 4. The Bertz CT molecular complexity index is 658. The van der Waals surface area contributed by atoms with E-state index in [1.54, 1.807) is 18.2 Å². The number of carboxylic acid groups (broad SMARTS) is 1. The summed E-state index contributed by atoms with van der Waals surface area (Å²) in [7, 11) is 0. The molecule has 1 aromatic rings. The van der Waals surface area contributed by atoms with Crippen LogP contribution in [0.1, 0.15) is 17.3 Å². The normalized spacial score (nSPS) is 14.9. The maximum atomic E-state index is 12.0. The number of fused-ring (bicyclic) bond motifs is 1. The SMILES string of the molecule is CC(=O)NC(CN1C(=O)C(=O)c2c(Br)cccc21)C(=O)O. The highest BCUT2D eigenvalue weighted by Gasteiger charge is 2.39. The van der Waals surface area contributed by atoms with Crippen molar-refractivity contribution in [3.05, 3.63) is 28.2 Å². The number of halogens is 1. The van der Waals surface area contributed by atoms with Gasteiger partial charge in [0.2, 0.25) is 5.91 Å². The summed E-state index contributed by atoms with van der Waals surface area (Å²) in [5, 5.41) is 11.3. The van der Waals surface area contributed by atoms with Crippen LogP contribution in [-0.2, 0) is 14.4 Å². The van der Waals surface area contributed by atoms with Crippen molar-refractivity contribution in [3.63, 3.8) is 0 Å². The molecule has 0 aromatic heterocycles. The molecule has 1 aliphatic rings. The topological polar surface area (TPSA) is 104 Å². The Morgan fingerprint density at radius 3 is 2.62 bits per heavy atom. The van der Waals surface area contributed by atoms with Crippen LogP contribution in [0.2, 0.25) is 0 Å². The van der Waals surface area contributed by atoms with Crippen molar-refractivity contribution in [1.29, 1.82) is 0 Å². The second-order valence-corrected chi connectivity index (χ2v) is 5.32. The van der Waals surface area contributed by atoms with Gasteiger partial charge in [-0.05, 0) is 28.1 Å². The third-order valence-electron chi connectivity index (χ3n) is 2.99. The van der Waals surface area contributed by atoms with E-state index in [1.807, 2.05) is 0 Å². The van der Waals surface area contributed by atoms with Crippen molar-refractivity contribution in [1.82, 2.24) is 5.32 Å². The minimum absolute atomic E-state index is 0.203. The van der Waals surface area contributed by atoms with Gasteiger partial charge >= 0.3 is 5.97 Å². The van der Waals surface area contributed by atoms with Gasteiger partial charge < -0.3 is 15.3 Å². The second-order valence-electron chi connectivity index (χ2n) is 4.47. The number of carbonyl (C=O) groups excluding carboxylic acids is 3. The molecular formula is C13H11BrN2O5. The third-order valence-corrected chi connectivity index (χ3v) is 3.65. The molecule has 8 heteroatoms. The van der Waals surface area contributed by atoms with Gasteiger partial charge in [0.15, 0.2) is 0 Å². The molecule has 110 valence electrons. The summed E-state index contributed by atoms with van der Waals surface area (Å²) in [6, 6.07) is 3.52. The van der Waals surface area contributed by atoms with Gasteiger partial charge in [-0.1, -0.05) is 6.07 Å². The second kappa shape index (κ2) is 5.65. The minimum atomic E-state index is -1.29. The molecule has 1 heterocycles. The molecule has 0 bridgehead atoms. The van der Waals surface area contributed by atoms with Crippen LogP contribution in [0.3, 0.4) is 0 Å². The molecule has 0 fully saturated rings. The molecule has 1 atom stereocenters. The summed E-state index contributed by atoms with van der Waals surface area (Å²) in [5.74, 6) is -3.33. The van der Waals surface area contributed by atoms with E-state index in [-0.39, 0.29) is 12.1 Å². The highest BCUT2D eigenvalue weighted by Crippen LogP contribution is 2.34. The van der Waals surface area contributed by atoms with Crippen molar-refractivity contribution in [2.45, 2.75) is 13.0 Å². The van der Waals surface area contributed by atoms with Crippen LogP contribution in [0.25, 0.3) is 0 Å². The van der Waals surface area contributed by atoms with Crippen molar-refractivity contribution in [2.24, 2.45) is 0 Å². The molecule has 2 N–H and O–H groups in total. The number of anilines is 1. The number of hydrogen-bond donors (Lipinski definition) is 2. The summed E-state index contributed by atoms with van der Waals surface area (Å²) < 4.78 is 0.465. The average Bonchev–Trinajstić information content (AvgIpc) is 2.63. The number of amides is 2. The van der Waals surface area contributed by atoms with Gasteiger partial charge in [0, 0.05) is 11.4 Å². The Morgan fingerprint density at radius 2 is 2.05 bits per heavy atom. The van der Waals surface area contributed by atoms with Crippen LogP contribution in [0.4, 0.5) is 5.69 Å². The highest BCUT2D eigenvalue weighted by molar-refractivity contribution is 9.10. The predicted molar refractivity (Wildman–Crippen MR) is 76.1 cm³/mol. The summed E-state index contributed by atoms with van der Waals surface area (Å²) >= 11 is 3.19. The number of ketones is 1. The van der Waals surface area contributed by atoms with E-state index in [0.29, 0.717) is 10.2 Å². The number of Topliss-reactive ketones (excluding diaryl/α,β-unsaturated/α-hetero) is 1. The van der Waals surface area contributed by atoms with Crippen LogP contribution < -0.4 is 10.2 Å². The maximum Gasteiger partial charge on any atom is 0.328 e. The van der Waals surface area contributed by atoms with E-state index in [9.17, 15) is 19.2 Å². The van der Waals surface area contributed by atoms with Gasteiger partial charge in [-0.2, -0.15) is 0 Å². The molecule has 7 nitrogen and oxygen atoms in total. The quantitative estimate of drug-likeness (QED) is 0.769. The van der Waals surface area contributed by atoms with Crippen LogP contribution in [0, 0.1) is 0 Å². The van der Waals surface area contributed by atoms with E-state index in [4.69, 9.17) is 5.11 Å². The summed E-state index contributed by atoms with van der Waals surface area (Å²) in [4.78, 5) is 47.2. The third kappa shape index (κ3) is 2.80. The lowest BCUT2D eigenvalue weighted by Gasteiger charge is -2.21. The maximum absolute atomic E-state index is 12.0. The smallest absolute Gasteiger partial charge is 0.328 e. The molecular weight excluding hydrogens is 344 g/mol. The molecule has 0 aliphatic carbocycles. The first-order valence-corrected chi connectivity index (χ1v) is 6.77.